The maximum absolute atomic E-state index is 14.0. The number of hydrogen-bond acceptors (Lipinski definition) is 1. The van der Waals surface area contributed by atoms with Crippen LogP contribution < -0.4 is 10.6 Å². The number of benzene rings is 2. The van der Waals surface area contributed by atoms with Gasteiger partial charge in [-0.3, -0.25) is 0 Å². The lowest BCUT2D eigenvalue weighted by molar-refractivity contribution is 0.215. The second kappa shape index (κ2) is 5.20. The van der Waals surface area contributed by atoms with Crippen LogP contribution in [0.25, 0.3) is 0 Å². The summed E-state index contributed by atoms with van der Waals surface area (Å²) < 4.78 is 24.9. The minimum Gasteiger partial charge on any atom is -0.187 e. The van der Waals surface area contributed by atoms with Gasteiger partial charge in [-0.05, 0) is 26.5 Å². The number of halogens is 3. The molecule has 0 aliphatic rings. The highest BCUT2D eigenvalue weighted by molar-refractivity contribution is 9.11. The van der Waals surface area contributed by atoms with Crippen molar-refractivity contribution in [2.75, 3.05) is 0 Å². The van der Waals surface area contributed by atoms with Crippen LogP contribution in [0.5, 0.6) is 0 Å². The molecule has 5 heteroatoms. The Morgan fingerprint density at radius 1 is 0.833 bits per heavy atom. The van der Waals surface area contributed by atoms with Crippen molar-refractivity contribution in [2.45, 2.75) is 4.57 Å². The Labute approximate surface area is 118 Å². The Bertz CT molecular complexity index is 523. The van der Waals surface area contributed by atoms with Crippen LogP contribution in [0.1, 0.15) is 0 Å². The van der Waals surface area contributed by atoms with E-state index in [4.69, 9.17) is 11.8 Å². The van der Waals surface area contributed by atoms with Crippen molar-refractivity contribution in [3.63, 3.8) is 0 Å². The molecule has 0 bridgehead atoms. The molecule has 0 saturated heterocycles. The van der Waals surface area contributed by atoms with E-state index >= 15 is 0 Å². The predicted octanol–water partition coefficient (Wildman–Crippen LogP) is 4.06. The third-order valence-electron chi connectivity index (χ3n) is 2.60. The van der Waals surface area contributed by atoms with Crippen molar-refractivity contribution in [3.8, 4) is 0 Å². The van der Waals surface area contributed by atoms with Crippen LogP contribution in [0.4, 0.5) is 8.78 Å². The Balaban J connectivity index is 2.68. The van der Waals surface area contributed by atoms with Gasteiger partial charge >= 0.3 is 4.57 Å². The molecular weight excluding hydrogens is 337 g/mol. The Kier molecular flexibility index (Phi) is 4.00. The summed E-state index contributed by atoms with van der Waals surface area (Å²) in [4.78, 5) is 0. The summed E-state index contributed by atoms with van der Waals surface area (Å²) in [6.07, 6.45) is 0. The molecule has 0 N–H and O–H groups in total. The highest BCUT2D eigenvalue weighted by atomic mass is 79.9. The second-order valence-electron chi connectivity index (χ2n) is 3.75. The monoisotopic (exact) mass is 346 g/mol. The van der Waals surface area contributed by atoms with Gasteiger partial charge in [-0.1, -0.05) is 72.5 Å². The molecule has 0 aliphatic carbocycles. The van der Waals surface area contributed by atoms with E-state index in [0.717, 1.165) is 0 Å². The van der Waals surface area contributed by atoms with Crippen LogP contribution in [0, 0.1) is 0 Å². The lowest BCUT2D eigenvalue weighted by atomic mass is 10.4. The zero-order valence-electron chi connectivity index (χ0n) is 9.26. The molecule has 0 spiro atoms. The van der Waals surface area contributed by atoms with Crippen LogP contribution in [-0.2, 0) is 11.8 Å². The summed E-state index contributed by atoms with van der Waals surface area (Å²) in [5.41, 5.74) is 0. The Hall–Kier alpha value is -0.570. The van der Waals surface area contributed by atoms with Gasteiger partial charge in [0.05, 0.1) is 6.04 Å². The molecule has 0 saturated carbocycles. The van der Waals surface area contributed by atoms with Gasteiger partial charge in [0.15, 0.2) is 0 Å². The Morgan fingerprint density at radius 2 is 1.17 bits per heavy atom. The zero-order valence-corrected chi connectivity index (χ0v) is 12.6. The molecule has 0 radical (unpaired) electrons. The fourth-order valence-corrected chi connectivity index (χ4v) is 5.74. The largest absolute Gasteiger partial charge is 0.333 e. The van der Waals surface area contributed by atoms with Crippen molar-refractivity contribution in [1.82, 2.24) is 0 Å². The normalized spacial score (nSPS) is 12.4. The van der Waals surface area contributed by atoms with Gasteiger partial charge < -0.3 is 0 Å². The van der Waals surface area contributed by atoms with E-state index in [1.807, 2.05) is 0 Å². The molecule has 0 atom stereocenters. The molecule has 0 unspecified atom stereocenters. The molecule has 2 aromatic carbocycles. The van der Waals surface area contributed by atoms with Crippen LogP contribution in [-0.4, -0.2) is 4.57 Å². The fraction of sp³-hybridized carbons (Fsp3) is 0.0769. The first-order chi connectivity index (χ1) is 8.46. The summed E-state index contributed by atoms with van der Waals surface area (Å²) >= 11 is 7.87. The van der Waals surface area contributed by atoms with Crippen molar-refractivity contribution < 1.29 is 8.78 Å². The molecule has 2 rings (SSSR count). The van der Waals surface area contributed by atoms with Gasteiger partial charge in [-0.25, -0.2) is 0 Å². The van der Waals surface area contributed by atoms with Gasteiger partial charge in [0.25, 0.3) is 0 Å². The average molecular weight is 347 g/mol. The number of alkyl halides is 3. The van der Waals surface area contributed by atoms with Crippen molar-refractivity contribution in [2.24, 2.45) is 0 Å². The lowest BCUT2D eigenvalue weighted by Gasteiger charge is -2.27. The third kappa shape index (κ3) is 2.42. The molecule has 0 aliphatic heterocycles. The van der Waals surface area contributed by atoms with Crippen LogP contribution >= 0.6 is 22.0 Å². The predicted molar refractivity (Wildman–Crippen MR) is 80.3 cm³/mol. The molecular formula is C13H10BrF2PS. The molecule has 0 fully saturated rings. The minimum atomic E-state index is -3.19. The van der Waals surface area contributed by atoms with Gasteiger partial charge in [0.1, 0.15) is 0 Å². The first-order valence-corrected chi connectivity index (χ1v) is 8.84. The molecule has 0 amide bonds. The quantitative estimate of drug-likeness (QED) is 0.596. The molecule has 18 heavy (non-hydrogen) atoms. The number of rotatable bonds is 3. The standard InChI is InChI=1S/C13H10BrF2PS/c14-13(15,16)17(18,11-7-3-1-4-8-11)12-9-5-2-6-10-12/h1-10H. The van der Waals surface area contributed by atoms with E-state index in [0.29, 0.717) is 10.6 Å². The summed E-state index contributed by atoms with van der Waals surface area (Å²) in [6, 6.07) is 14.0. The summed E-state index contributed by atoms with van der Waals surface area (Å²) in [6.45, 7) is 0. The zero-order chi connectivity index (χ0) is 13.2. The topological polar surface area (TPSA) is 0 Å². The SMILES string of the molecule is FC(F)(Br)P(=S)(c1ccccc1)c1ccccc1. The van der Waals surface area contributed by atoms with E-state index < -0.39 is 10.6 Å². The molecule has 0 heterocycles. The van der Waals surface area contributed by atoms with Gasteiger partial charge in [-0.2, -0.15) is 8.78 Å². The van der Waals surface area contributed by atoms with E-state index in [2.05, 4.69) is 15.9 Å². The molecule has 0 aromatic heterocycles. The van der Waals surface area contributed by atoms with Crippen molar-refractivity contribution in [1.29, 1.82) is 0 Å². The van der Waals surface area contributed by atoms with Crippen LogP contribution in [0.2, 0.25) is 0 Å². The maximum atomic E-state index is 14.0. The van der Waals surface area contributed by atoms with Crippen LogP contribution in [0.3, 0.4) is 0 Å². The third-order valence-corrected chi connectivity index (χ3v) is 9.61. The lowest BCUT2D eigenvalue weighted by Crippen LogP contribution is -2.26. The summed E-state index contributed by atoms with van der Waals surface area (Å²) in [5, 5.41) is 1.01. The maximum Gasteiger partial charge on any atom is 0.333 e. The van der Waals surface area contributed by atoms with E-state index in [1.54, 1.807) is 60.7 Å². The Morgan fingerprint density at radius 3 is 1.44 bits per heavy atom. The van der Waals surface area contributed by atoms with Crippen molar-refractivity contribution in [3.05, 3.63) is 60.7 Å². The number of hydrogen-bond donors (Lipinski definition) is 0. The smallest absolute Gasteiger partial charge is 0.187 e. The van der Waals surface area contributed by atoms with Gasteiger partial charge in [-0.15, -0.1) is 0 Å². The second-order valence-corrected chi connectivity index (χ2v) is 9.81. The first-order valence-electron chi connectivity index (χ1n) is 5.24. The van der Waals surface area contributed by atoms with E-state index in [9.17, 15) is 8.78 Å². The molecule has 2 aromatic rings. The highest BCUT2D eigenvalue weighted by Gasteiger charge is 2.45. The fourth-order valence-electron chi connectivity index (χ4n) is 1.72. The van der Waals surface area contributed by atoms with E-state index in [1.165, 1.54) is 0 Å². The van der Waals surface area contributed by atoms with Gasteiger partial charge in [0.2, 0.25) is 0 Å². The van der Waals surface area contributed by atoms with Gasteiger partial charge in [0, 0.05) is 0 Å². The minimum absolute atomic E-state index is 0.507. The molecule has 0 nitrogen and oxygen atoms in total. The summed E-state index contributed by atoms with van der Waals surface area (Å²) in [5.74, 6) is 0. The van der Waals surface area contributed by atoms with Crippen LogP contribution in [0.15, 0.2) is 60.7 Å². The molecule has 94 valence electrons. The van der Waals surface area contributed by atoms with Crippen molar-refractivity contribution >= 4 is 44.4 Å². The average Bonchev–Trinajstić information content (AvgIpc) is 2.38. The first kappa shape index (κ1) is 13.9. The van der Waals surface area contributed by atoms with E-state index in [-0.39, 0.29) is 0 Å². The highest BCUT2D eigenvalue weighted by Crippen LogP contribution is 2.61. The summed E-state index contributed by atoms with van der Waals surface area (Å²) in [7, 11) is 0.